The summed E-state index contributed by atoms with van der Waals surface area (Å²) < 4.78 is 13.2. The van der Waals surface area contributed by atoms with E-state index in [1.807, 2.05) is 5.43 Å². The Morgan fingerprint density at radius 1 is 1.61 bits per heavy atom. The van der Waals surface area contributed by atoms with Crippen LogP contribution in [0.5, 0.6) is 0 Å². The number of carbonyl (C=O) groups is 1. The lowest BCUT2D eigenvalue weighted by Crippen LogP contribution is -2.22. The molecule has 0 saturated heterocycles. The Balaban J connectivity index is 3.05. The third-order valence-corrected chi connectivity index (χ3v) is 1.79. The molecule has 0 aliphatic carbocycles. The Hall–Kier alpha value is -3.02. The molecule has 0 aliphatic rings. The fraction of sp³-hybridized carbons (Fsp3) is 0. The van der Waals surface area contributed by atoms with E-state index < -0.39 is 22.4 Å². The van der Waals surface area contributed by atoms with Gasteiger partial charge in [0.05, 0.1) is 10.6 Å². The quantitative estimate of drug-likeness (QED) is 0.456. The standard InChI is InChI=1S/C9H6FN5O3/c10-6-2-1-5(15(17)18)3-7(6)13-14-8(4-11)9(12)16/h1-3,13H,(H2,12,16)/b14-8-. The second kappa shape index (κ2) is 5.35. The Morgan fingerprint density at radius 3 is 2.78 bits per heavy atom. The number of nitrogens with two attached hydrogens (primary N) is 1. The van der Waals surface area contributed by atoms with Crippen molar-refractivity contribution in [3.8, 4) is 6.07 Å². The highest BCUT2D eigenvalue weighted by Crippen LogP contribution is 2.21. The number of nitriles is 1. The molecule has 1 aromatic rings. The number of halogens is 1. The topological polar surface area (TPSA) is 134 Å². The first-order chi connectivity index (χ1) is 8.45. The predicted octanol–water partition coefficient (Wildman–Crippen LogP) is 0.511. The zero-order valence-corrected chi connectivity index (χ0v) is 8.75. The van der Waals surface area contributed by atoms with Crippen LogP contribution in [0.25, 0.3) is 0 Å². The van der Waals surface area contributed by atoms with E-state index in [1.54, 1.807) is 0 Å². The Morgan fingerprint density at radius 2 is 2.28 bits per heavy atom. The van der Waals surface area contributed by atoms with Crippen molar-refractivity contribution in [2.75, 3.05) is 5.43 Å². The molecular formula is C9H6FN5O3. The summed E-state index contributed by atoms with van der Waals surface area (Å²) in [6.07, 6.45) is 0. The van der Waals surface area contributed by atoms with E-state index in [0.29, 0.717) is 0 Å². The van der Waals surface area contributed by atoms with Crippen molar-refractivity contribution in [3.63, 3.8) is 0 Å². The molecule has 0 fully saturated rings. The van der Waals surface area contributed by atoms with Crippen LogP contribution in [0.15, 0.2) is 23.3 Å². The molecule has 0 unspecified atom stereocenters. The second-order valence-corrected chi connectivity index (χ2v) is 2.97. The average molecular weight is 251 g/mol. The van der Waals surface area contributed by atoms with Crippen LogP contribution in [0.4, 0.5) is 15.8 Å². The van der Waals surface area contributed by atoms with Gasteiger partial charge in [0.25, 0.3) is 11.6 Å². The van der Waals surface area contributed by atoms with Crippen LogP contribution in [0.3, 0.4) is 0 Å². The van der Waals surface area contributed by atoms with Gasteiger partial charge in [0.2, 0.25) is 5.71 Å². The lowest BCUT2D eigenvalue weighted by atomic mass is 10.3. The molecule has 0 saturated carbocycles. The summed E-state index contributed by atoms with van der Waals surface area (Å²) in [5.74, 6) is -1.93. The molecule has 0 aromatic heterocycles. The smallest absolute Gasteiger partial charge is 0.280 e. The van der Waals surface area contributed by atoms with Gasteiger partial charge < -0.3 is 5.73 Å². The van der Waals surface area contributed by atoms with Crippen molar-refractivity contribution in [1.29, 1.82) is 5.26 Å². The number of nitrogens with zero attached hydrogens (tertiary/aromatic N) is 3. The molecule has 8 nitrogen and oxygen atoms in total. The van der Waals surface area contributed by atoms with E-state index in [1.165, 1.54) is 6.07 Å². The summed E-state index contributed by atoms with van der Waals surface area (Å²) in [5, 5.41) is 22.2. The third kappa shape index (κ3) is 2.99. The number of nitro benzene ring substituents is 1. The van der Waals surface area contributed by atoms with Crippen LogP contribution in [-0.2, 0) is 4.79 Å². The third-order valence-electron chi connectivity index (χ3n) is 1.79. The van der Waals surface area contributed by atoms with Gasteiger partial charge in [-0.1, -0.05) is 0 Å². The van der Waals surface area contributed by atoms with Gasteiger partial charge >= 0.3 is 0 Å². The normalized spacial score (nSPS) is 10.6. The van der Waals surface area contributed by atoms with Crippen molar-refractivity contribution < 1.29 is 14.1 Å². The van der Waals surface area contributed by atoms with Crippen LogP contribution in [0.2, 0.25) is 0 Å². The molecule has 92 valence electrons. The van der Waals surface area contributed by atoms with Crippen molar-refractivity contribution in [2.24, 2.45) is 10.8 Å². The second-order valence-electron chi connectivity index (χ2n) is 2.97. The largest absolute Gasteiger partial charge is 0.364 e. The first-order valence-corrected chi connectivity index (χ1v) is 4.43. The van der Waals surface area contributed by atoms with Gasteiger partial charge in [-0.05, 0) is 6.07 Å². The number of primary amides is 1. The summed E-state index contributed by atoms with van der Waals surface area (Å²) in [4.78, 5) is 20.4. The first-order valence-electron chi connectivity index (χ1n) is 4.43. The molecule has 0 radical (unpaired) electrons. The first kappa shape index (κ1) is 13.0. The molecule has 0 heterocycles. The maximum Gasteiger partial charge on any atom is 0.280 e. The number of hydrogen-bond donors (Lipinski definition) is 2. The summed E-state index contributed by atoms with van der Waals surface area (Å²) in [7, 11) is 0. The fourth-order valence-corrected chi connectivity index (χ4v) is 0.964. The number of rotatable bonds is 4. The zero-order valence-electron chi connectivity index (χ0n) is 8.75. The highest BCUT2D eigenvalue weighted by atomic mass is 19.1. The van der Waals surface area contributed by atoms with E-state index in [9.17, 15) is 19.3 Å². The molecule has 1 aromatic carbocycles. The maximum absolute atomic E-state index is 13.2. The lowest BCUT2D eigenvalue weighted by molar-refractivity contribution is -0.384. The molecule has 0 bridgehead atoms. The minimum absolute atomic E-state index is 0.349. The minimum Gasteiger partial charge on any atom is -0.364 e. The highest BCUT2D eigenvalue weighted by molar-refractivity contribution is 6.44. The van der Waals surface area contributed by atoms with Gasteiger partial charge in [0.1, 0.15) is 11.9 Å². The van der Waals surface area contributed by atoms with Gasteiger partial charge in [0, 0.05) is 12.1 Å². The molecule has 3 N–H and O–H groups in total. The van der Waals surface area contributed by atoms with Crippen LogP contribution < -0.4 is 11.2 Å². The number of nitrogens with one attached hydrogen (secondary N) is 1. The summed E-state index contributed by atoms with van der Waals surface area (Å²) in [6, 6.07) is 4.07. The van der Waals surface area contributed by atoms with Gasteiger partial charge in [-0.25, -0.2) is 4.39 Å². The molecule has 1 amide bonds. The van der Waals surface area contributed by atoms with Gasteiger partial charge in [-0.2, -0.15) is 10.4 Å². The van der Waals surface area contributed by atoms with Crippen molar-refractivity contribution in [3.05, 3.63) is 34.1 Å². The molecule has 0 aliphatic heterocycles. The van der Waals surface area contributed by atoms with Crippen molar-refractivity contribution >= 4 is 23.0 Å². The molecular weight excluding hydrogens is 245 g/mol. The van der Waals surface area contributed by atoms with Gasteiger partial charge in [-0.3, -0.25) is 20.3 Å². The number of non-ortho nitro benzene ring substituents is 1. The maximum atomic E-state index is 13.2. The van der Waals surface area contributed by atoms with Gasteiger partial charge in [-0.15, -0.1) is 0 Å². The monoisotopic (exact) mass is 251 g/mol. The van der Waals surface area contributed by atoms with Crippen LogP contribution in [0.1, 0.15) is 0 Å². The Kier molecular flexibility index (Phi) is 3.88. The Bertz CT molecular complexity index is 578. The highest BCUT2D eigenvalue weighted by Gasteiger charge is 2.11. The van der Waals surface area contributed by atoms with Crippen molar-refractivity contribution in [2.45, 2.75) is 0 Å². The predicted molar refractivity (Wildman–Crippen MR) is 58.9 cm³/mol. The number of hydrogen-bond acceptors (Lipinski definition) is 6. The van der Waals surface area contributed by atoms with E-state index in [2.05, 4.69) is 5.10 Å². The van der Waals surface area contributed by atoms with Gasteiger partial charge in [0.15, 0.2) is 0 Å². The van der Waals surface area contributed by atoms with Crippen molar-refractivity contribution in [1.82, 2.24) is 0 Å². The average Bonchev–Trinajstić information content (AvgIpc) is 2.31. The number of anilines is 1. The van der Waals surface area contributed by atoms with Crippen LogP contribution in [0, 0.1) is 27.3 Å². The number of nitro groups is 1. The number of carbonyl (C=O) groups excluding carboxylic acids is 1. The van der Waals surface area contributed by atoms with E-state index in [0.717, 1.165) is 18.2 Å². The van der Waals surface area contributed by atoms with E-state index >= 15 is 0 Å². The summed E-state index contributed by atoms with van der Waals surface area (Å²) in [6.45, 7) is 0. The van der Waals surface area contributed by atoms with Crippen LogP contribution >= 0.6 is 0 Å². The lowest BCUT2D eigenvalue weighted by Gasteiger charge is -2.02. The van der Waals surface area contributed by atoms with Crippen LogP contribution in [-0.4, -0.2) is 16.5 Å². The molecule has 9 heteroatoms. The summed E-state index contributed by atoms with van der Waals surface area (Å²) in [5.41, 5.74) is 5.42. The number of amides is 1. The number of hydrazone groups is 1. The number of benzene rings is 1. The fourth-order valence-electron chi connectivity index (χ4n) is 0.964. The van der Waals surface area contributed by atoms with E-state index in [4.69, 9.17) is 11.0 Å². The molecule has 1 rings (SSSR count). The SMILES string of the molecule is N#C/C(=N/Nc1cc([N+](=O)[O-])ccc1F)C(N)=O. The Labute approximate surface area is 99.7 Å². The van der Waals surface area contributed by atoms with E-state index in [-0.39, 0.29) is 11.4 Å². The molecule has 18 heavy (non-hydrogen) atoms. The molecule has 0 spiro atoms. The molecule has 0 atom stereocenters. The summed E-state index contributed by atoms with van der Waals surface area (Å²) >= 11 is 0. The minimum atomic E-state index is -1.10. The zero-order chi connectivity index (χ0) is 13.7.